The number of halogens is 4. The Kier molecular flexibility index (Phi) is 4.60. The zero-order chi connectivity index (χ0) is 18.4. The van der Waals surface area contributed by atoms with E-state index in [2.05, 4.69) is 0 Å². The summed E-state index contributed by atoms with van der Waals surface area (Å²) < 4.78 is 54.4. The molecule has 2 atom stereocenters. The molecule has 3 rings (SSSR count). The highest BCUT2D eigenvalue weighted by Gasteiger charge is 2.40. The molecule has 2 aromatic rings. The molecule has 0 radical (unpaired) electrons. The molecule has 2 aromatic carbocycles. The van der Waals surface area contributed by atoms with Crippen molar-refractivity contribution in [2.45, 2.75) is 31.2 Å². The van der Waals surface area contributed by atoms with Crippen LogP contribution < -0.4 is 0 Å². The van der Waals surface area contributed by atoms with Gasteiger partial charge in [-0.2, -0.15) is 13.2 Å². The van der Waals surface area contributed by atoms with Crippen molar-refractivity contribution in [3.8, 4) is 0 Å². The largest absolute Gasteiger partial charge is 0.416 e. The fourth-order valence-corrected chi connectivity index (χ4v) is 3.68. The summed E-state index contributed by atoms with van der Waals surface area (Å²) in [4.78, 5) is 1.88. The van der Waals surface area contributed by atoms with E-state index in [1.807, 2.05) is 19.0 Å². The molecular formula is C19H19F4NO. The van der Waals surface area contributed by atoms with E-state index in [9.17, 15) is 22.7 Å². The summed E-state index contributed by atoms with van der Waals surface area (Å²) in [6, 6.07) is 8.20. The second kappa shape index (κ2) is 6.42. The monoisotopic (exact) mass is 353 g/mol. The normalized spacial score (nSPS) is 20.2. The van der Waals surface area contributed by atoms with Crippen LogP contribution in [0, 0.1) is 5.82 Å². The lowest BCUT2D eigenvalue weighted by atomic mass is 9.88. The molecular weight excluding hydrogens is 334 g/mol. The summed E-state index contributed by atoms with van der Waals surface area (Å²) in [5.41, 5.74) is 0.964. The second-order valence-corrected chi connectivity index (χ2v) is 6.58. The van der Waals surface area contributed by atoms with Crippen molar-refractivity contribution in [2.24, 2.45) is 0 Å². The minimum Gasteiger partial charge on any atom is -0.392 e. The molecule has 0 fully saturated rings. The number of hydrogen-bond donors (Lipinski definition) is 1. The Morgan fingerprint density at radius 1 is 1.08 bits per heavy atom. The number of rotatable bonds is 3. The van der Waals surface area contributed by atoms with E-state index < -0.39 is 30.1 Å². The zero-order valence-corrected chi connectivity index (χ0v) is 13.9. The molecule has 0 aliphatic heterocycles. The lowest BCUT2D eigenvalue weighted by molar-refractivity contribution is -0.138. The number of hydrogen-bond acceptors (Lipinski definition) is 2. The average Bonchev–Trinajstić information content (AvgIpc) is 2.91. The Morgan fingerprint density at radius 2 is 1.76 bits per heavy atom. The SMILES string of the molecule is CN(C)[C@H]1CC(c2ccccc2C(F)(F)F)c2cc(CO)c(F)cc21. The van der Waals surface area contributed by atoms with Crippen molar-refractivity contribution in [1.29, 1.82) is 0 Å². The van der Waals surface area contributed by atoms with E-state index in [-0.39, 0.29) is 17.2 Å². The smallest absolute Gasteiger partial charge is 0.392 e. The van der Waals surface area contributed by atoms with Crippen LogP contribution in [0.2, 0.25) is 0 Å². The van der Waals surface area contributed by atoms with Gasteiger partial charge in [-0.05, 0) is 55.4 Å². The van der Waals surface area contributed by atoms with E-state index in [1.165, 1.54) is 24.3 Å². The summed E-state index contributed by atoms with van der Waals surface area (Å²) in [6.07, 6.45) is -4.02. The number of fused-ring (bicyclic) bond motifs is 1. The van der Waals surface area contributed by atoms with E-state index >= 15 is 0 Å². The van der Waals surface area contributed by atoms with Crippen LogP contribution in [0.1, 0.15) is 46.2 Å². The maximum atomic E-state index is 14.1. The number of alkyl halides is 3. The molecule has 1 aliphatic carbocycles. The van der Waals surface area contributed by atoms with Crippen molar-refractivity contribution >= 4 is 0 Å². The Labute approximate surface area is 143 Å². The Morgan fingerprint density at radius 3 is 2.36 bits per heavy atom. The van der Waals surface area contributed by atoms with Crippen molar-refractivity contribution in [2.75, 3.05) is 14.1 Å². The average molecular weight is 353 g/mol. The van der Waals surface area contributed by atoms with Crippen molar-refractivity contribution in [1.82, 2.24) is 4.90 Å². The predicted octanol–water partition coefficient (Wildman–Crippen LogP) is 4.48. The first-order chi connectivity index (χ1) is 11.7. The van der Waals surface area contributed by atoms with Gasteiger partial charge in [0, 0.05) is 17.5 Å². The van der Waals surface area contributed by atoms with Crippen LogP contribution in [-0.4, -0.2) is 24.1 Å². The van der Waals surface area contributed by atoms with Crippen LogP contribution in [0.3, 0.4) is 0 Å². The van der Waals surface area contributed by atoms with Gasteiger partial charge in [0.25, 0.3) is 0 Å². The number of aliphatic hydroxyl groups is 1. The maximum Gasteiger partial charge on any atom is 0.416 e. The van der Waals surface area contributed by atoms with E-state index in [0.29, 0.717) is 17.5 Å². The molecule has 0 aromatic heterocycles. The van der Waals surface area contributed by atoms with Crippen molar-refractivity contribution < 1.29 is 22.7 Å². The summed E-state index contributed by atoms with van der Waals surface area (Å²) >= 11 is 0. The number of benzene rings is 2. The van der Waals surface area contributed by atoms with Crippen LogP contribution in [0.4, 0.5) is 17.6 Å². The fourth-order valence-electron chi connectivity index (χ4n) is 3.68. The highest BCUT2D eigenvalue weighted by Crippen LogP contribution is 2.49. The first kappa shape index (κ1) is 17.9. The van der Waals surface area contributed by atoms with Gasteiger partial charge in [-0.1, -0.05) is 18.2 Å². The molecule has 134 valence electrons. The van der Waals surface area contributed by atoms with E-state index in [0.717, 1.165) is 6.07 Å². The van der Waals surface area contributed by atoms with Crippen molar-refractivity contribution in [3.63, 3.8) is 0 Å². The standard InChI is InChI=1S/C19H19F4NO/c1-24(2)18-9-14(12-5-3-4-6-16(12)19(21,22)23)13-7-11(10-25)17(20)8-15(13)18/h3-8,14,18,25H,9-10H2,1-2H3/t14?,18-/m0/s1. The molecule has 0 saturated carbocycles. The third kappa shape index (κ3) is 3.16. The Balaban J connectivity index is 2.18. The molecule has 0 spiro atoms. The highest BCUT2D eigenvalue weighted by atomic mass is 19.4. The van der Waals surface area contributed by atoms with Crippen LogP contribution >= 0.6 is 0 Å². The Bertz CT molecular complexity index is 785. The van der Waals surface area contributed by atoms with Gasteiger partial charge >= 0.3 is 6.18 Å². The first-order valence-electron chi connectivity index (χ1n) is 7.99. The fraction of sp³-hybridized carbons (Fsp3) is 0.368. The predicted molar refractivity (Wildman–Crippen MR) is 86.7 cm³/mol. The summed E-state index contributed by atoms with van der Waals surface area (Å²) in [5.74, 6) is -1.02. The van der Waals surface area contributed by atoms with E-state index in [4.69, 9.17) is 0 Å². The second-order valence-electron chi connectivity index (χ2n) is 6.58. The summed E-state index contributed by atoms with van der Waals surface area (Å²) in [5, 5.41) is 9.34. The molecule has 0 heterocycles. The van der Waals surface area contributed by atoms with Gasteiger partial charge in [-0.25, -0.2) is 4.39 Å². The van der Waals surface area contributed by atoms with Crippen LogP contribution in [0.15, 0.2) is 36.4 Å². The molecule has 25 heavy (non-hydrogen) atoms. The van der Waals surface area contributed by atoms with Gasteiger partial charge in [0.2, 0.25) is 0 Å². The van der Waals surface area contributed by atoms with Gasteiger partial charge in [-0.15, -0.1) is 0 Å². The number of nitrogens with zero attached hydrogens (tertiary/aromatic N) is 1. The van der Waals surface area contributed by atoms with Gasteiger partial charge < -0.3 is 10.0 Å². The minimum atomic E-state index is -4.45. The van der Waals surface area contributed by atoms with Crippen LogP contribution in [0.5, 0.6) is 0 Å². The van der Waals surface area contributed by atoms with Gasteiger partial charge in [-0.3, -0.25) is 0 Å². The van der Waals surface area contributed by atoms with Crippen LogP contribution in [-0.2, 0) is 12.8 Å². The third-order valence-corrected chi connectivity index (χ3v) is 4.88. The molecule has 1 unspecified atom stereocenters. The van der Waals surface area contributed by atoms with E-state index in [1.54, 1.807) is 6.07 Å². The summed E-state index contributed by atoms with van der Waals surface area (Å²) in [6.45, 7) is -0.487. The van der Waals surface area contributed by atoms with Crippen LogP contribution in [0.25, 0.3) is 0 Å². The highest BCUT2D eigenvalue weighted by molar-refractivity contribution is 5.49. The van der Waals surface area contributed by atoms with Gasteiger partial charge in [0.1, 0.15) is 5.82 Å². The third-order valence-electron chi connectivity index (χ3n) is 4.88. The molecule has 6 heteroatoms. The lowest BCUT2D eigenvalue weighted by Crippen LogP contribution is -2.18. The molecule has 1 aliphatic rings. The molecule has 0 amide bonds. The summed E-state index contributed by atoms with van der Waals surface area (Å²) in [7, 11) is 3.65. The maximum absolute atomic E-state index is 14.1. The Hall–Kier alpha value is -1.92. The zero-order valence-electron chi connectivity index (χ0n) is 13.9. The quantitative estimate of drug-likeness (QED) is 0.823. The minimum absolute atomic E-state index is 0.104. The molecule has 2 nitrogen and oxygen atoms in total. The lowest BCUT2D eigenvalue weighted by Gasteiger charge is -2.21. The van der Waals surface area contributed by atoms with Gasteiger partial charge in [0.05, 0.1) is 12.2 Å². The number of aliphatic hydroxyl groups excluding tert-OH is 1. The molecule has 0 saturated heterocycles. The molecule has 0 bridgehead atoms. The van der Waals surface area contributed by atoms with Crippen molar-refractivity contribution in [3.05, 3.63) is 70.0 Å². The van der Waals surface area contributed by atoms with Gasteiger partial charge in [0.15, 0.2) is 0 Å². The topological polar surface area (TPSA) is 23.5 Å². The molecule has 1 N–H and O–H groups in total. The first-order valence-corrected chi connectivity index (χ1v) is 7.99.